The van der Waals surface area contributed by atoms with Crippen molar-refractivity contribution < 1.29 is 28.7 Å². The van der Waals surface area contributed by atoms with Crippen LogP contribution in [-0.4, -0.2) is 43.8 Å². The number of aromatic nitrogens is 4. The standard InChI is InChI=1S/C36H36N4O6/c1-8-21-16(3)25-13-27-18(5)23(10-11-31(42)45-20(7)41)34(39-27)24-12-32(43)46-36(44)33-19(6)28(40-35(24)33)15-30-22(9-2)17(4)26(38-30)14-29(21)37-25/h8,13-15,18,23,37,40H,1,9-12H2,2-7H3/t18-,23-/m0/s1. The third-order valence-electron chi connectivity index (χ3n) is 9.39. The van der Waals surface area contributed by atoms with Gasteiger partial charge in [0.25, 0.3) is 0 Å². The Balaban J connectivity index is 1.74. The zero-order chi connectivity index (χ0) is 33.0. The van der Waals surface area contributed by atoms with E-state index in [9.17, 15) is 19.2 Å². The highest BCUT2D eigenvalue weighted by Gasteiger charge is 2.36. The van der Waals surface area contributed by atoms with Gasteiger partial charge in [0, 0.05) is 58.6 Å². The van der Waals surface area contributed by atoms with E-state index in [-0.39, 0.29) is 30.2 Å². The molecule has 6 rings (SSSR count). The number of allylic oxidation sites excluding steroid dienone is 2. The van der Waals surface area contributed by atoms with Gasteiger partial charge in [-0.25, -0.2) is 9.78 Å². The van der Waals surface area contributed by atoms with Gasteiger partial charge in [-0.15, -0.1) is 0 Å². The summed E-state index contributed by atoms with van der Waals surface area (Å²) >= 11 is 0. The number of H-pyrrole nitrogens is 2. The van der Waals surface area contributed by atoms with Crippen LogP contribution in [0.5, 0.6) is 0 Å². The number of nitrogens with one attached hydrogen (secondary N) is 2. The first-order valence-corrected chi connectivity index (χ1v) is 15.5. The summed E-state index contributed by atoms with van der Waals surface area (Å²) in [4.78, 5) is 67.3. The second-order valence-electron chi connectivity index (χ2n) is 12.1. The summed E-state index contributed by atoms with van der Waals surface area (Å²) in [5.74, 6) is -3.23. The number of aromatic amines is 2. The molecule has 2 atom stereocenters. The molecule has 8 bridgehead atoms. The predicted molar refractivity (Wildman–Crippen MR) is 175 cm³/mol. The van der Waals surface area contributed by atoms with Crippen LogP contribution < -0.4 is 0 Å². The Labute approximate surface area is 266 Å². The highest BCUT2D eigenvalue weighted by atomic mass is 16.6. The molecule has 0 saturated carbocycles. The van der Waals surface area contributed by atoms with Crippen LogP contribution in [0.3, 0.4) is 0 Å². The molecule has 10 heteroatoms. The lowest BCUT2D eigenvalue weighted by Crippen LogP contribution is -2.14. The molecule has 10 nitrogen and oxygen atoms in total. The first kappa shape index (κ1) is 30.9. The van der Waals surface area contributed by atoms with Crippen molar-refractivity contribution in [2.75, 3.05) is 0 Å². The number of cyclic esters (lactones) is 2. The van der Waals surface area contributed by atoms with Crippen molar-refractivity contribution in [3.63, 3.8) is 0 Å². The summed E-state index contributed by atoms with van der Waals surface area (Å²) in [5.41, 5.74) is 11.3. The third kappa shape index (κ3) is 5.17. The van der Waals surface area contributed by atoms with Crippen molar-refractivity contribution in [1.82, 2.24) is 19.9 Å². The van der Waals surface area contributed by atoms with E-state index < -0.39 is 23.9 Å². The summed E-state index contributed by atoms with van der Waals surface area (Å²) in [6.07, 6.45) is 2.67. The summed E-state index contributed by atoms with van der Waals surface area (Å²) < 4.78 is 10.1. The van der Waals surface area contributed by atoms with Gasteiger partial charge in [0.05, 0.1) is 34.6 Å². The maximum absolute atomic E-state index is 13.3. The molecule has 0 spiro atoms. The van der Waals surface area contributed by atoms with Gasteiger partial charge < -0.3 is 19.4 Å². The van der Waals surface area contributed by atoms with Crippen molar-refractivity contribution in [3.8, 4) is 0 Å². The van der Waals surface area contributed by atoms with Crippen molar-refractivity contribution >= 4 is 63.2 Å². The lowest BCUT2D eigenvalue weighted by molar-refractivity contribution is -0.158. The van der Waals surface area contributed by atoms with E-state index in [4.69, 9.17) is 19.4 Å². The largest absolute Gasteiger partial charge is 0.393 e. The molecule has 3 aromatic rings. The SMILES string of the molecule is C=Cc1c(C)c2cc3nc(c4c5[nH]c(cc6nc(cc1[nH]2)C(C)=C6CC)c(C)c5C(=O)OC(=O)C4)[C@@H](CCC(=O)OC(C)=O)[C@@H]3C. The number of hydrogen-bond acceptors (Lipinski definition) is 8. The first-order chi connectivity index (χ1) is 21.9. The molecule has 0 aromatic carbocycles. The summed E-state index contributed by atoms with van der Waals surface area (Å²) in [5, 5.41) is 0. The number of aryl methyl sites for hydroxylation is 2. The van der Waals surface area contributed by atoms with Crippen molar-refractivity contribution in [2.45, 2.75) is 79.1 Å². The lowest BCUT2D eigenvalue weighted by atomic mass is 9.85. The number of fused-ring (bicyclic) bond motifs is 8. The Bertz CT molecular complexity index is 2080. The van der Waals surface area contributed by atoms with Crippen LogP contribution in [-0.2, 0) is 30.3 Å². The van der Waals surface area contributed by atoms with Crippen molar-refractivity contribution in [3.05, 3.63) is 75.4 Å². The molecule has 6 heterocycles. The number of ether oxygens (including phenoxy) is 2. The van der Waals surface area contributed by atoms with Crippen molar-refractivity contribution in [1.29, 1.82) is 0 Å². The fraction of sp³-hybridized carbons (Fsp3) is 0.333. The molecule has 2 N–H and O–H groups in total. The second kappa shape index (κ2) is 11.7. The number of carbonyl (C=O) groups is 4. The Hall–Kier alpha value is -5.12. The Morgan fingerprint density at radius 1 is 1.04 bits per heavy atom. The molecule has 0 aliphatic carbocycles. The fourth-order valence-electron chi connectivity index (χ4n) is 6.90. The van der Waals surface area contributed by atoms with E-state index in [0.717, 1.165) is 56.8 Å². The third-order valence-corrected chi connectivity index (χ3v) is 9.39. The van der Waals surface area contributed by atoms with Gasteiger partial charge in [0.15, 0.2) is 0 Å². The van der Waals surface area contributed by atoms with Crippen LogP contribution in [0.25, 0.3) is 39.3 Å². The number of hydrogen-bond donors (Lipinski definition) is 2. The smallest absolute Gasteiger partial charge is 0.348 e. The molecular formula is C36H36N4O6. The normalized spacial score (nSPS) is 17.5. The van der Waals surface area contributed by atoms with E-state index in [1.54, 1.807) is 0 Å². The molecule has 0 saturated heterocycles. The van der Waals surface area contributed by atoms with Crippen LogP contribution >= 0.6 is 0 Å². The molecule has 0 amide bonds. The number of nitrogens with zero attached hydrogens (tertiary/aromatic N) is 2. The molecular weight excluding hydrogens is 584 g/mol. The van der Waals surface area contributed by atoms with E-state index in [0.29, 0.717) is 34.3 Å². The van der Waals surface area contributed by atoms with Gasteiger partial charge in [-0.3, -0.25) is 19.4 Å². The van der Waals surface area contributed by atoms with Crippen LogP contribution in [0, 0.1) is 13.8 Å². The summed E-state index contributed by atoms with van der Waals surface area (Å²) in [6, 6.07) is 5.95. The fourth-order valence-corrected chi connectivity index (χ4v) is 6.90. The minimum Gasteiger partial charge on any atom is -0.393 e. The van der Waals surface area contributed by atoms with Gasteiger partial charge in [-0.05, 0) is 74.1 Å². The van der Waals surface area contributed by atoms with Gasteiger partial charge in [-0.1, -0.05) is 26.5 Å². The van der Waals surface area contributed by atoms with E-state index in [2.05, 4.69) is 30.4 Å². The van der Waals surface area contributed by atoms with Crippen LogP contribution in [0.4, 0.5) is 0 Å². The monoisotopic (exact) mass is 620 g/mol. The molecule has 0 radical (unpaired) electrons. The quantitative estimate of drug-likeness (QED) is 0.231. The number of rotatable bonds is 5. The molecule has 3 aliphatic heterocycles. The molecule has 0 fully saturated rings. The number of esters is 4. The van der Waals surface area contributed by atoms with Crippen LogP contribution in [0.2, 0.25) is 0 Å². The van der Waals surface area contributed by atoms with Gasteiger partial charge in [0.2, 0.25) is 0 Å². The second-order valence-corrected chi connectivity index (χ2v) is 12.1. The van der Waals surface area contributed by atoms with E-state index in [1.165, 1.54) is 6.92 Å². The zero-order valence-electron chi connectivity index (χ0n) is 26.8. The Morgan fingerprint density at radius 2 is 1.76 bits per heavy atom. The summed E-state index contributed by atoms with van der Waals surface area (Å²) in [6.45, 7) is 15.2. The van der Waals surface area contributed by atoms with E-state index >= 15 is 0 Å². The Kier molecular flexibility index (Phi) is 7.83. The maximum Gasteiger partial charge on any atom is 0.348 e. The van der Waals surface area contributed by atoms with Gasteiger partial charge >= 0.3 is 23.9 Å². The molecule has 0 unspecified atom stereocenters. The molecule has 3 aliphatic rings. The average Bonchev–Trinajstić information content (AvgIpc) is 3.64. The topological polar surface area (TPSA) is 144 Å². The summed E-state index contributed by atoms with van der Waals surface area (Å²) in [7, 11) is 0. The lowest BCUT2D eigenvalue weighted by Gasteiger charge is -2.17. The van der Waals surface area contributed by atoms with Gasteiger partial charge in [-0.2, -0.15) is 0 Å². The molecule has 236 valence electrons. The zero-order valence-corrected chi connectivity index (χ0v) is 26.8. The molecule has 46 heavy (non-hydrogen) atoms. The minimum absolute atomic E-state index is 0.0294. The molecule has 3 aromatic heterocycles. The first-order valence-electron chi connectivity index (χ1n) is 15.5. The maximum atomic E-state index is 13.3. The average molecular weight is 621 g/mol. The minimum atomic E-state index is -0.729. The van der Waals surface area contributed by atoms with Crippen LogP contribution in [0.15, 0.2) is 24.8 Å². The van der Waals surface area contributed by atoms with Crippen LogP contribution in [0.1, 0.15) is 114 Å². The predicted octanol–water partition coefficient (Wildman–Crippen LogP) is 6.91. The Morgan fingerprint density at radius 3 is 2.46 bits per heavy atom. The van der Waals surface area contributed by atoms with Crippen molar-refractivity contribution in [2.24, 2.45) is 0 Å². The van der Waals surface area contributed by atoms with Gasteiger partial charge in [0.1, 0.15) is 0 Å². The highest BCUT2D eigenvalue weighted by molar-refractivity contribution is 6.09. The number of carbonyl (C=O) groups excluding carboxylic acids is 4. The van der Waals surface area contributed by atoms with E-state index in [1.807, 2.05) is 45.0 Å². The highest BCUT2D eigenvalue weighted by Crippen LogP contribution is 2.43.